The number of hydrogen-bond donors (Lipinski definition) is 0. The number of piperidine rings is 1. The highest BCUT2D eigenvalue weighted by Crippen LogP contribution is 2.20. The van der Waals surface area contributed by atoms with Gasteiger partial charge < -0.3 is 9.64 Å². The molecule has 27 heavy (non-hydrogen) atoms. The first-order valence-electron chi connectivity index (χ1n) is 9.06. The van der Waals surface area contributed by atoms with Crippen LogP contribution in [0.25, 0.3) is 6.08 Å². The molecule has 0 aromatic heterocycles. The number of halogens is 1. The lowest BCUT2D eigenvalue weighted by atomic mass is 9.96. The summed E-state index contributed by atoms with van der Waals surface area (Å²) >= 11 is 0. The number of esters is 1. The number of nitrogens with zero attached hydrogens (tertiary/aromatic N) is 1. The van der Waals surface area contributed by atoms with Gasteiger partial charge in [-0.3, -0.25) is 9.59 Å². The maximum Gasteiger partial charge on any atom is 0.309 e. The van der Waals surface area contributed by atoms with Crippen LogP contribution in [-0.4, -0.2) is 36.5 Å². The second-order valence-corrected chi connectivity index (χ2v) is 6.52. The van der Waals surface area contributed by atoms with Gasteiger partial charge in [-0.25, -0.2) is 4.39 Å². The van der Waals surface area contributed by atoms with Crippen molar-refractivity contribution in [1.82, 2.24) is 4.90 Å². The standard InChI is InChI=1S/C22H22FNO3/c23-20-10-8-18(9-11-20)21(25)24-14-12-19(13-15-24)22(26)27-16-4-7-17-5-2-1-3-6-17/h1-11,19H,12-16H2/b7-4+. The van der Waals surface area contributed by atoms with E-state index in [9.17, 15) is 14.0 Å². The van der Waals surface area contributed by atoms with Crippen LogP contribution < -0.4 is 0 Å². The smallest absolute Gasteiger partial charge is 0.309 e. The fraction of sp³-hybridized carbons (Fsp3) is 0.273. The molecule has 1 aliphatic heterocycles. The van der Waals surface area contributed by atoms with E-state index in [2.05, 4.69) is 0 Å². The van der Waals surface area contributed by atoms with Gasteiger partial charge in [-0.15, -0.1) is 0 Å². The minimum Gasteiger partial charge on any atom is -0.461 e. The lowest BCUT2D eigenvalue weighted by Gasteiger charge is -2.31. The van der Waals surface area contributed by atoms with E-state index in [1.165, 1.54) is 24.3 Å². The van der Waals surface area contributed by atoms with Crippen molar-refractivity contribution in [2.75, 3.05) is 19.7 Å². The first-order chi connectivity index (χ1) is 13.1. The van der Waals surface area contributed by atoms with Crippen molar-refractivity contribution in [3.63, 3.8) is 0 Å². The average molecular weight is 367 g/mol. The number of likely N-dealkylation sites (tertiary alicyclic amines) is 1. The summed E-state index contributed by atoms with van der Waals surface area (Å²) in [6.07, 6.45) is 4.89. The molecule has 0 saturated carbocycles. The summed E-state index contributed by atoms with van der Waals surface area (Å²) < 4.78 is 18.3. The Morgan fingerprint density at radius 3 is 2.37 bits per heavy atom. The Bertz CT molecular complexity index is 794. The summed E-state index contributed by atoms with van der Waals surface area (Å²) in [5.74, 6) is -0.907. The van der Waals surface area contributed by atoms with Gasteiger partial charge in [0.25, 0.3) is 5.91 Å². The second kappa shape index (κ2) is 9.12. The summed E-state index contributed by atoms with van der Waals surface area (Å²) in [5.41, 5.74) is 1.52. The Kier molecular flexibility index (Phi) is 6.36. The van der Waals surface area contributed by atoms with Crippen LogP contribution in [0.4, 0.5) is 4.39 Å². The summed E-state index contributed by atoms with van der Waals surface area (Å²) in [5, 5.41) is 0. The molecule has 140 valence electrons. The van der Waals surface area contributed by atoms with Crippen molar-refractivity contribution in [3.8, 4) is 0 Å². The third-order valence-electron chi connectivity index (χ3n) is 4.64. The lowest BCUT2D eigenvalue weighted by molar-refractivity contribution is -0.148. The zero-order valence-electron chi connectivity index (χ0n) is 15.0. The van der Waals surface area contributed by atoms with Gasteiger partial charge in [-0.05, 0) is 48.7 Å². The number of hydrogen-bond acceptors (Lipinski definition) is 3. The van der Waals surface area contributed by atoms with E-state index in [-0.39, 0.29) is 30.2 Å². The molecule has 2 aromatic carbocycles. The molecule has 0 atom stereocenters. The van der Waals surface area contributed by atoms with Gasteiger partial charge in [0.1, 0.15) is 12.4 Å². The fourth-order valence-electron chi connectivity index (χ4n) is 3.09. The van der Waals surface area contributed by atoms with Gasteiger partial charge in [0, 0.05) is 18.7 Å². The van der Waals surface area contributed by atoms with Crippen molar-refractivity contribution in [2.24, 2.45) is 5.92 Å². The highest BCUT2D eigenvalue weighted by atomic mass is 19.1. The van der Waals surface area contributed by atoms with Crippen LogP contribution in [-0.2, 0) is 9.53 Å². The third kappa shape index (κ3) is 5.26. The van der Waals surface area contributed by atoms with Crippen LogP contribution in [0.2, 0.25) is 0 Å². The second-order valence-electron chi connectivity index (χ2n) is 6.52. The van der Waals surface area contributed by atoms with E-state index < -0.39 is 0 Å². The molecule has 1 amide bonds. The lowest BCUT2D eigenvalue weighted by Crippen LogP contribution is -2.40. The van der Waals surface area contributed by atoms with Gasteiger partial charge in [0.05, 0.1) is 5.92 Å². The van der Waals surface area contributed by atoms with Crippen molar-refractivity contribution in [2.45, 2.75) is 12.8 Å². The molecule has 0 bridgehead atoms. The molecule has 0 aliphatic carbocycles. The van der Waals surface area contributed by atoms with Crippen molar-refractivity contribution < 1.29 is 18.7 Å². The molecule has 1 heterocycles. The highest BCUT2D eigenvalue weighted by Gasteiger charge is 2.28. The van der Waals surface area contributed by atoms with Crippen LogP contribution in [0.5, 0.6) is 0 Å². The highest BCUT2D eigenvalue weighted by molar-refractivity contribution is 5.94. The topological polar surface area (TPSA) is 46.6 Å². The Morgan fingerprint density at radius 1 is 1.04 bits per heavy atom. The number of rotatable bonds is 5. The molecule has 0 N–H and O–H groups in total. The number of ether oxygens (including phenoxy) is 1. The van der Waals surface area contributed by atoms with E-state index in [0.29, 0.717) is 31.5 Å². The molecular weight excluding hydrogens is 345 g/mol. The van der Waals surface area contributed by atoms with Crippen LogP contribution >= 0.6 is 0 Å². The van der Waals surface area contributed by atoms with Gasteiger partial charge in [0.2, 0.25) is 0 Å². The monoisotopic (exact) mass is 367 g/mol. The first kappa shape index (κ1) is 18.8. The summed E-state index contributed by atoms with van der Waals surface area (Å²) in [6.45, 7) is 1.23. The van der Waals surface area contributed by atoms with Crippen LogP contribution in [0.3, 0.4) is 0 Å². The molecule has 1 fully saturated rings. The van der Waals surface area contributed by atoms with Crippen LogP contribution in [0, 0.1) is 11.7 Å². The van der Waals surface area contributed by atoms with Crippen molar-refractivity contribution in [1.29, 1.82) is 0 Å². The van der Waals surface area contributed by atoms with Gasteiger partial charge in [-0.2, -0.15) is 0 Å². The molecule has 4 nitrogen and oxygen atoms in total. The number of carbonyl (C=O) groups is 2. The third-order valence-corrected chi connectivity index (χ3v) is 4.64. The van der Waals surface area contributed by atoms with Crippen molar-refractivity contribution >= 4 is 18.0 Å². The van der Waals surface area contributed by atoms with Gasteiger partial charge in [0.15, 0.2) is 0 Å². The van der Waals surface area contributed by atoms with E-state index in [4.69, 9.17) is 4.74 Å². The molecular formula is C22H22FNO3. The normalized spacial score (nSPS) is 15.1. The Labute approximate surface area is 158 Å². The Balaban J connectivity index is 1.43. The predicted molar refractivity (Wildman–Crippen MR) is 101 cm³/mol. The summed E-state index contributed by atoms with van der Waals surface area (Å²) in [7, 11) is 0. The molecule has 0 unspecified atom stereocenters. The molecule has 2 aromatic rings. The molecule has 0 radical (unpaired) electrons. The summed E-state index contributed by atoms with van der Waals surface area (Å²) in [6, 6.07) is 15.3. The minimum absolute atomic E-state index is 0.132. The van der Waals surface area contributed by atoms with E-state index in [0.717, 1.165) is 5.56 Å². The minimum atomic E-state index is -0.366. The zero-order chi connectivity index (χ0) is 19.1. The fourth-order valence-corrected chi connectivity index (χ4v) is 3.09. The molecule has 3 rings (SSSR count). The van der Waals surface area contributed by atoms with Gasteiger partial charge >= 0.3 is 5.97 Å². The molecule has 1 saturated heterocycles. The maximum absolute atomic E-state index is 13.0. The maximum atomic E-state index is 13.0. The number of carbonyl (C=O) groups excluding carboxylic acids is 2. The van der Waals surface area contributed by atoms with E-state index in [1.807, 2.05) is 42.5 Å². The largest absolute Gasteiger partial charge is 0.461 e. The molecule has 5 heteroatoms. The van der Waals surface area contributed by atoms with Crippen molar-refractivity contribution in [3.05, 3.63) is 77.6 Å². The van der Waals surface area contributed by atoms with E-state index >= 15 is 0 Å². The van der Waals surface area contributed by atoms with E-state index in [1.54, 1.807) is 4.90 Å². The quantitative estimate of drug-likeness (QED) is 0.752. The Morgan fingerprint density at radius 2 is 1.70 bits per heavy atom. The molecule has 1 aliphatic rings. The van der Waals surface area contributed by atoms with Crippen LogP contribution in [0.1, 0.15) is 28.8 Å². The average Bonchev–Trinajstić information content (AvgIpc) is 2.72. The predicted octanol–water partition coefficient (Wildman–Crippen LogP) is 3.93. The van der Waals surface area contributed by atoms with Crippen LogP contribution in [0.15, 0.2) is 60.7 Å². The Hall–Kier alpha value is -2.95. The first-order valence-corrected chi connectivity index (χ1v) is 9.06. The SMILES string of the molecule is O=C(OC/C=C/c1ccccc1)C1CCN(C(=O)c2ccc(F)cc2)CC1. The zero-order valence-corrected chi connectivity index (χ0v) is 15.0. The number of amides is 1. The number of benzene rings is 2. The van der Waals surface area contributed by atoms with Gasteiger partial charge in [-0.1, -0.05) is 36.4 Å². The summed E-state index contributed by atoms with van der Waals surface area (Å²) in [4.78, 5) is 26.3. The molecule has 0 spiro atoms.